The fourth-order valence-electron chi connectivity index (χ4n) is 2.88. The van der Waals surface area contributed by atoms with Gasteiger partial charge in [-0.2, -0.15) is 0 Å². The van der Waals surface area contributed by atoms with Crippen molar-refractivity contribution in [2.75, 3.05) is 0 Å². The van der Waals surface area contributed by atoms with Crippen LogP contribution in [-0.4, -0.2) is 35.0 Å². The largest absolute Gasteiger partial charge is 0.304 e. The molecule has 10 heteroatoms. The monoisotopic (exact) mass is 343 g/mol. The minimum absolute atomic E-state index is 0.0969. The maximum absolute atomic E-state index is 12.8. The van der Waals surface area contributed by atoms with Gasteiger partial charge < -0.3 is 4.57 Å². The summed E-state index contributed by atoms with van der Waals surface area (Å²) >= 11 is 1.34. The van der Waals surface area contributed by atoms with Gasteiger partial charge in [0, 0.05) is 7.05 Å². The highest BCUT2D eigenvalue weighted by molar-refractivity contribution is 7.99. The molecule has 0 N–H and O–H groups in total. The van der Waals surface area contributed by atoms with Crippen LogP contribution >= 0.6 is 11.8 Å². The molecule has 1 fully saturated rings. The number of hydrogen-bond acceptors (Lipinski definition) is 6. The molecule has 0 aromatic carbocycles. The Hall–Kier alpha value is -1.58. The molecule has 0 spiro atoms. The summed E-state index contributed by atoms with van der Waals surface area (Å²) in [6.07, 6.45) is 3.15. The molecular weight excluding hydrogens is 324 g/mol. The van der Waals surface area contributed by atoms with Gasteiger partial charge in [-0.05, 0) is 30.2 Å². The number of tetrazole rings is 1. The normalized spacial score (nSPS) is 17.8. The maximum Gasteiger partial charge on any atom is 0.297 e. The number of hydrogen-bond donors (Lipinski definition) is 0. The van der Waals surface area contributed by atoms with Crippen molar-refractivity contribution >= 4 is 11.8 Å². The van der Waals surface area contributed by atoms with Gasteiger partial charge in [-0.25, -0.2) is 13.5 Å². The third-order valence-electron chi connectivity index (χ3n) is 4.15. The van der Waals surface area contributed by atoms with Crippen molar-refractivity contribution in [3.63, 3.8) is 0 Å². The Morgan fingerprint density at radius 1 is 1.09 bits per heavy atom. The lowest BCUT2D eigenvalue weighted by Gasteiger charge is -2.23. The molecule has 0 aliphatic heterocycles. The molecule has 0 unspecified atom stereocenters. The standard InChI is InChI=1S/C13H19F2N7S/c1-8(23-13-18-16-12(10(14)15)21(13)2)11-17-19-20-22(11)9-6-4-3-5-7-9/h8-10H,3-7H2,1-2H3/t8-/m0/s1. The zero-order chi connectivity index (χ0) is 16.4. The Bertz CT molecular complexity index is 651. The summed E-state index contributed by atoms with van der Waals surface area (Å²) in [5.74, 6) is 0.426. The summed E-state index contributed by atoms with van der Waals surface area (Å²) in [6.45, 7) is 1.95. The number of aromatic nitrogens is 7. The van der Waals surface area contributed by atoms with E-state index in [4.69, 9.17) is 0 Å². The van der Waals surface area contributed by atoms with Crippen molar-refractivity contribution in [3.8, 4) is 0 Å². The van der Waals surface area contributed by atoms with Crippen LogP contribution in [0.5, 0.6) is 0 Å². The second-order valence-corrected chi connectivity index (χ2v) is 7.04. The van der Waals surface area contributed by atoms with E-state index in [9.17, 15) is 8.78 Å². The van der Waals surface area contributed by atoms with Crippen LogP contribution < -0.4 is 0 Å². The number of halogens is 2. The SMILES string of the molecule is C[C@H](Sc1nnc(C(F)F)n1C)c1nnnn1C1CCCCC1. The van der Waals surface area contributed by atoms with Crippen LogP contribution in [0.4, 0.5) is 8.78 Å². The van der Waals surface area contributed by atoms with Gasteiger partial charge in [0.1, 0.15) is 0 Å². The van der Waals surface area contributed by atoms with Crippen molar-refractivity contribution in [1.82, 2.24) is 35.0 Å². The van der Waals surface area contributed by atoms with Gasteiger partial charge in [-0.1, -0.05) is 31.0 Å². The van der Waals surface area contributed by atoms with Crippen LogP contribution in [-0.2, 0) is 7.05 Å². The van der Waals surface area contributed by atoms with Gasteiger partial charge in [0.2, 0.25) is 5.82 Å². The molecule has 3 rings (SSSR count). The van der Waals surface area contributed by atoms with Gasteiger partial charge in [0.15, 0.2) is 11.0 Å². The lowest BCUT2D eigenvalue weighted by Crippen LogP contribution is -2.17. The number of thioether (sulfide) groups is 1. The predicted molar refractivity (Wildman–Crippen MR) is 80.2 cm³/mol. The van der Waals surface area contributed by atoms with Crippen LogP contribution in [0, 0.1) is 0 Å². The molecule has 2 aromatic heterocycles. The number of nitrogens with zero attached hydrogens (tertiary/aromatic N) is 7. The third-order valence-corrected chi connectivity index (χ3v) is 5.28. The fraction of sp³-hybridized carbons (Fsp3) is 0.769. The molecule has 23 heavy (non-hydrogen) atoms. The van der Waals surface area contributed by atoms with Crippen LogP contribution in [0.2, 0.25) is 0 Å². The zero-order valence-electron chi connectivity index (χ0n) is 13.1. The Balaban J connectivity index is 1.76. The minimum Gasteiger partial charge on any atom is -0.304 e. The van der Waals surface area contributed by atoms with Gasteiger partial charge in [0.25, 0.3) is 6.43 Å². The summed E-state index contributed by atoms with van der Waals surface area (Å²) in [7, 11) is 1.54. The Morgan fingerprint density at radius 2 is 1.83 bits per heavy atom. The van der Waals surface area contributed by atoms with E-state index in [1.165, 1.54) is 35.6 Å². The summed E-state index contributed by atoms with van der Waals surface area (Å²) < 4.78 is 28.8. The number of alkyl halides is 2. The molecular formula is C13H19F2N7S. The topological polar surface area (TPSA) is 74.3 Å². The van der Waals surface area contributed by atoms with Crippen LogP contribution in [0.25, 0.3) is 0 Å². The van der Waals surface area contributed by atoms with Crippen molar-refractivity contribution < 1.29 is 8.78 Å². The first-order chi connectivity index (χ1) is 11.1. The number of rotatable bonds is 5. The van der Waals surface area contributed by atoms with Crippen molar-refractivity contribution in [1.29, 1.82) is 0 Å². The zero-order valence-corrected chi connectivity index (χ0v) is 13.9. The highest BCUT2D eigenvalue weighted by Gasteiger charge is 2.25. The molecule has 126 valence electrons. The van der Waals surface area contributed by atoms with E-state index >= 15 is 0 Å². The molecule has 0 amide bonds. The van der Waals surface area contributed by atoms with Crippen LogP contribution in [0.3, 0.4) is 0 Å². The second-order valence-electron chi connectivity index (χ2n) is 5.73. The fourth-order valence-corrected chi connectivity index (χ4v) is 3.80. The Labute approximate surface area is 136 Å². The molecule has 7 nitrogen and oxygen atoms in total. The summed E-state index contributed by atoms with van der Waals surface area (Å²) in [5, 5.41) is 19.8. The molecule has 1 aliphatic carbocycles. The first-order valence-electron chi connectivity index (χ1n) is 7.69. The van der Waals surface area contributed by atoms with E-state index in [0.29, 0.717) is 11.2 Å². The van der Waals surface area contributed by atoms with E-state index in [0.717, 1.165) is 18.7 Å². The highest BCUT2D eigenvalue weighted by atomic mass is 32.2. The molecule has 0 bridgehead atoms. The predicted octanol–water partition coefficient (Wildman–Crippen LogP) is 3.10. The smallest absolute Gasteiger partial charge is 0.297 e. The highest BCUT2D eigenvalue weighted by Crippen LogP contribution is 2.36. The van der Waals surface area contributed by atoms with E-state index in [-0.39, 0.29) is 11.1 Å². The Kier molecular flexibility index (Phi) is 4.88. The quantitative estimate of drug-likeness (QED) is 0.777. The van der Waals surface area contributed by atoms with Gasteiger partial charge in [-0.3, -0.25) is 0 Å². The minimum atomic E-state index is -2.63. The average molecular weight is 343 g/mol. The van der Waals surface area contributed by atoms with Crippen molar-refractivity contribution in [2.24, 2.45) is 7.05 Å². The van der Waals surface area contributed by atoms with Crippen LogP contribution in [0.15, 0.2) is 5.16 Å². The molecule has 0 radical (unpaired) electrons. The molecule has 2 heterocycles. The molecule has 1 atom stereocenters. The lowest BCUT2D eigenvalue weighted by atomic mass is 9.95. The first-order valence-corrected chi connectivity index (χ1v) is 8.57. The average Bonchev–Trinajstić information content (AvgIpc) is 3.16. The molecule has 2 aromatic rings. The van der Waals surface area contributed by atoms with Gasteiger partial charge in [-0.15, -0.1) is 15.3 Å². The second kappa shape index (κ2) is 6.90. The van der Waals surface area contributed by atoms with E-state index in [1.807, 2.05) is 11.6 Å². The van der Waals surface area contributed by atoms with Crippen LogP contribution in [0.1, 0.15) is 68.4 Å². The van der Waals surface area contributed by atoms with Gasteiger partial charge in [0.05, 0.1) is 11.3 Å². The summed E-state index contributed by atoms with van der Waals surface area (Å²) in [6, 6.07) is 0.327. The van der Waals surface area contributed by atoms with Gasteiger partial charge >= 0.3 is 0 Å². The lowest BCUT2D eigenvalue weighted by molar-refractivity contribution is 0.135. The van der Waals surface area contributed by atoms with E-state index < -0.39 is 6.43 Å². The summed E-state index contributed by atoms with van der Waals surface area (Å²) in [5.41, 5.74) is 0. The first kappa shape index (κ1) is 16.3. The summed E-state index contributed by atoms with van der Waals surface area (Å²) in [4.78, 5) is 0. The Morgan fingerprint density at radius 3 is 2.48 bits per heavy atom. The maximum atomic E-state index is 12.8. The van der Waals surface area contributed by atoms with Crippen molar-refractivity contribution in [2.45, 2.75) is 61.9 Å². The van der Waals surface area contributed by atoms with Crippen molar-refractivity contribution in [3.05, 3.63) is 11.6 Å². The third kappa shape index (κ3) is 3.36. The molecule has 1 aliphatic rings. The van der Waals surface area contributed by atoms with E-state index in [2.05, 4.69) is 25.7 Å². The molecule has 0 saturated heterocycles. The van der Waals surface area contributed by atoms with E-state index in [1.54, 1.807) is 7.05 Å². The molecule has 1 saturated carbocycles.